The van der Waals surface area contributed by atoms with Crippen LogP contribution in [0.25, 0.3) is 11.0 Å². The van der Waals surface area contributed by atoms with Crippen LogP contribution in [0.15, 0.2) is 65.4 Å². The molecule has 0 amide bonds. The van der Waals surface area contributed by atoms with Gasteiger partial charge in [-0.15, -0.1) is 0 Å². The highest BCUT2D eigenvalue weighted by Crippen LogP contribution is 2.48. The molecule has 0 fully saturated rings. The van der Waals surface area contributed by atoms with Gasteiger partial charge in [-0.25, -0.2) is 9.55 Å². The van der Waals surface area contributed by atoms with Crippen molar-refractivity contribution in [2.45, 2.75) is 32.5 Å². The highest BCUT2D eigenvalue weighted by molar-refractivity contribution is 5.82. The molecule has 0 unspecified atom stereocenters. The van der Waals surface area contributed by atoms with E-state index in [0.29, 0.717) is 0 Å². The zero-order valence-corrected chi connectivity index (χ0v) is 17.5. The van der Waals surface area contributed by atoms with Gasteiger partial charge in [0.25, 0.3) is 0 Å². The van der Waals surface area contributed by atoms with Crippen molar-refractivity contribution in [2.75, 3.05) is 9.80 Å². The molecule has 0 spiro atoms. The number of anilines is 3. The highest BCUT2D eigenvalue weighted by Gasteiger charge is 2.50. The van der Waals surface area contributed by atoms with Crippen molar-refractivity contribution in [3.05, 3.63) is 66.8 Å². The van der Waals surface area contributed by atoms with Crippen LogP contribution in [0.4, 0.5) is 17.4 Å². The first-order valence-electron chi connectivity index (χ1n) is 9.94. The summed E-state index contributed by atoms with van der Waals surface area (Å²) >= 11 is 0. The Labute approximate surface area is 170 Å². The summed E-state index contributed by atoms with van der Waals surface area (Å²) in [7, 11) is 4.11. The van der Waals surface area contributed by atoms with Gasteiger partial charge >= 0.3 is 6.01 Å². The van der Waals surface area contributed by atoms with Gasteiger partial charge in [-0.1, -0.05) is 24.3 Å². The Morgan fingerprint density at radius 1 is 1.03 bits per heavy atom. The summed E-state index contributed by atoms with van der Waals surface area (Å²) in [6.45, 7) is 6.70. The van der Waals surface area contributed by atoms with Crippen LogP contribution in [0.2, 0.25) is 0 Å². The maximum Gasteiger partial charge on any atom is 0.463 e. The van der Waals surface area contributed by atoms with Gasteiger partial charge in [0.2, 0.25) is 0 Å². The van der Waals surface area contributed by atoms with Crippen LogP contribution in [0.3, 0.4) is 0 Å². The predicted molar refractivity (Wildman–Crippen MR) is 114 cm³/mol. The second-order valence-electron chi connectivity index (χ2n) is 8.20. The topological polar surface area (TPSA) is 41.3 Å². The Morgan fingerprint density at radius 2 is 1.72 bits per heavy atom. The average Bonchev–Trinajstić information content (AvgIpc) is 3.36. The number of aromatic nitrogens is 3. The summed E-state index contributed by atoms with van der Waals surface area (Å²) in [4.78, 5) is 9.70. The number of fused-ring (bicyclic) bond motifs is 2. The molecule has 1 aliphatic rings. The Balaban J connectivity index is 1.68. The van der Waals surface area contributed by atoms with Crippen LogP contribution in [-0.2, 0) is 19.6 Å². The minimum atomic E-state index is -0.344. The smallest absolute Gasteiger partial charge is 0.396 e. The summed E-state index contributed by atoms with van der Waals surface area (Å²) in [5.41, 5.74) is 4.13. The number of para-hydroxylation sites is 4. The lowest BCUT2D eigenvalue weighted by molar-refractivity contribution is -0.660. The molecule has 1 aliphatic heterocycles. The molecule has 4 aromatic rings. The largest absolute Gasteiger partial charge is 0.463 e. The van der Waals surface area contributed by atoms with E-state index >= 15 is 0 Å². The molecule has 0 saturated carbocycles. The number of nitrogens with zero attached hydrogens (tertiary/aromatic N) is 5. The first-order valence-corrected chi connectivity index (χ1v) is 9.94. The van der Waals surface area contributed by atoms with Crippen LogP contribution in [0, 0.1) is 0 Å². The maximum atomic E-state index is 5.86. The molecule has 6 heteroatoms. The third-order valence-electron chi connectivity index (χ3n) is 6.05. The summed E-state index contributed by atoms with van der Waals surface area (Å²) < 4.78 is 10.1. The molecular formula is C23H26N5O+. The van der Waals surface area contributed by atoms with E-state index in [1.165, 1.54) is 5.69 Å². The van der Waals surface area contributed by atoms with E-state index < -0.39 is 0 Å². The Kier molecular flexibility index (Phi) is 3.75. The number of hydrogen-bond donors (Lipinski definition) is 0. The number of rotatable bonds is 3. The molecule has 1 atom stereocenters. The van der Waals surface area contributed by atoms with Crippen molar-refractivity contribution in [3.63, 3.8) is 0 Å². The van der Waals surface area contributed by atoms with Crippen molar-refractivity contribution < 1.29 is 8.98 Å². The van der Waals surface area contributed by atoms with Gasteiger partial charge in [-0.3, -0.25) is 0 Å². The molecule has 3 heterocycles. The van der Waals surface area contributed by atoms with E-state index in [4.69, 9.17) is 9.40 Å². The quantitative estimate of drug-likeness (QED) is 0.493. The Morgan fingerprint density at radius 3 is 2.41 bits per heavy atom. The van der Waals surface area contributed by atoms with Crippen LogP contribution in [0.1, 0.15) is 26.6 Å². The fraction of sp³-hybridized carbons (Fsp3) is 0.304. The van der Waals surface area contributed by atoms with Gasteiger partial charge in [0.15, 0.2) is 11.9 Å². The molecule has 6 nitrogen and oxygen atoms in total. The molecule has 0 aliphatic carbocycles. The molecule has 148 valence electrons. The normalized spacial score (nSPS) is 16.7. The van der Waals surface area contributed by atoms with Crippen LogP contribution >= 0.6 is 0 Å². The van der Waals surface area contributed by atoms with Gasteiger partial charge in [0, 0.05) is 7.05 Å². The van der Waals surface area contributed by atoms with E-state index in [-0.39, 0.29) is 11.7 Å². The van der Waals surface area contributed by atoms with Crippen molar-refractivity contribution >= 4 is 28.4 Å². The van der Waals surface area contributed by atoms with Gasteiger partial charge in [-0.2, -0.15) is 4.90 Å². The fourth-order valence-electron chi connectivity index (χ4n) is 4.78. The Hall–Kier alpha value is -3.28. The van der Waals surface area contributed by atoms with E-state index in [0.717, 1.165) is 28.6 Å². The summed E-state index contributed by atoms with van der Waals surface area (Å²) in [6.07, 6.45) is 3.72. The minimum Gasteiger partial charge on any atom is -0.396 e. The zero-order chi connectivity index (χ0) is 20.3. The second kappa shape index (κ2) is 6.11. The highest BCUT2D eigenvalue weighted by atomic mass is 16.4. The lowest BCUT2D eigenvalue weighted by atomic mass is 10.00. The monoisotopic (exact) mass is 388 g/mol. The van der Waals surface area contributed by atoms with Crippen molar-refractivity contribution in [1.82, 2.24) is 9.55 Å². The minimum absolute atomic E-state index is 0.0552. The van der Waals surface area contributed by atoms with Crippen LogP contribution in [0.5, 0.6) is 0 Å². The third-order valence-corrected chi connectivity index (χ3v) is 6.05. The molecule has 0 bridgehead atoms. The lowest BCUT2D eigenvalue weighted by Crippen LogP contribution is -2.51. The number of benzene rings is 2. The first-order chi connectivity index (χ1) is 13.9. The van der Waals surface area contributed by atoms with Crippen LogP contribution < -0.4 is 14.4 Å². The maximum absolute atomic E-state index is 5.86. The van der Waals surface area contributed by atoms with E-state index in [1.54, 1.807) is 6.26 Å². The number of oxazole rings is 1. The van der Waals surface area contributed by atoms with Crippen molar-refractivity contribution in [1.29, 1.82) is 0 Å². The van der Waals surface area contributed by atoms with Crippen molar-refractivity contribution in [3.8, 4) is 0 Å². The van der Waals surface area contributed by atoms with Gasteiger partial charge in [0.05, 0.1) is 29.3 Å². The molecule has 0 N–H and O–H groups in total. The van der Waals surface area contributed by atoms with Crippen molar-refractivity contribution in [2.24, 2.45) is 14.1 Å². The fourth-order valence-corrected chi connectivity index (χ4v) is 4.78. The Bertz CT molecular complexity index is 1200. The SMILES string of the molecule is C[C@@H]1N(c2occ[n+]2C)c2ccccc2N1C(C)(C)c1nc2ccccc2n1C. The third kappa shape index (κ3) is 2.41. The van der Waals surface area contributed by atoms with E-state index in [9.17, 15) is 0 Å². The summed E-state index contributed by atoms with van der Waals surface area (Å²) in [5.74, 6) is 1.03. The van der Waals surface area contributed by atoms with Gasteiger partial charge in [0.1, 0.15) is 18.3 Å². The standard InChI is InChI=1S/C23H26N5O/c1-16-27(22-25(4)14-15-29-22)19-12-8-9-13-20(19)28(16)23(2,3)21-24-17-10-6-7-11-18(17)26(21)5/h6-16H,1-5H3/q+1/t16-/m1/s1. The lowest BCUT2D eigenvalue weighted by Gasteiger charge is -2.38. The molecule has 2 aromatic carbocycles. The van der Waals surface area contributed by atoms with Gasteiger partial charge < -0.3 is 13.9 Å². The molecule has 2 aromatic heterocycles. The van der Waals surface area contributed by atoms with Crippen LogP contribution in [-0.4, -0.2) is 15.7 Å². The summed E-state index contributed by atoms with van der Waals surface area (Å²) in [5, 5.41) is 0. The number of aryl methyl sites for hydroxylation is 2. The first kappa shape index (κ1) is 17.8. The molecule has 0 radical (unpaired) electrons. The molecule has 0 saturated heterocycles. The molecule has 29 heavy (non-hydrogen) atoms. The molecule has 5 rings (SSSR count). The average molecular weight is 388 g/mol. The predicted octanol–water partition coefficient (Wildman–Crippen LogP) is 4.23. The van der Waals surface area contributed by atoms with E-state index in [2.05, 4.69) is 84.7 Å². The number of hydrogen-bond acceptors (Lipinski definition) is 4. The number of imidazole rings is 1. The van der Waals surface area contributed by atoms with Gasteiger partial charge in [-0.05, 0) is 45.0 Å². The second-order valence-corrected chi connectivity index (χ2v) is 8.20. The summed E-state index contributed by atoms with van der Waals surface area (Å²) in [6, 6.07) is 17.6. The zero-order valence-electron chi connectivity index (χ0n) is 17.5. The molecular weight excluding hydrogens is 362 g/mol. The van der Waals surface area contributed by atoms with E-state index in [1.807, 2.05) is 23.9 Å².